The lowest BCUT2D eigenvalue weighted by Gasteiger charge is -2.18. The largest absolute Gasteiger partial charge is 0.394 e. The lowest BCUT2D eigenvalue weighted by Crippen LogP contribution is -2.33. The second-order valence-corrected chi connectivity index (χ2v) is 12.3. The average molecular weight is 599 g/mol. The van der Waals surface area contributed by atoms with Crippen molar-refractivity contribution in [2.45, 2.75) is 68.1 Å². The van der Waals surface area contributed by atoms with E-state index >= 15 is 0 Å². The number of aliphatic hydroxyl groups is 3. The quantitative estimate of drug-likeness (QED) is 0.204. The number of carbonyl (C=O) groups excluding carboxylic acids is 1. The molecule has 16 heteroatoms. The van der Waals surface area contributed by atoms with Gasteiger partial charge < -0.3 is 30.7 Å². The van der Waals surface area contributed by atoms with Gasteiger partial charge in [0.15, 0.2) is 23.2 Å². The summed E-state index contributed by atoms with van der Waals surface area (Å²) >= 11 is 0. The van der Waals surface area contributed by atoms with E-state index in [4.69, 9.17) is 4.74 Å². The Morgan fingerprint density at radius 1 is 1.12 bits per heavy atom. The molecule has 42 heavy (non-hydrogen) atoms. The number of carbonyl (C=O) groups is 1. The summed E-state index contributed by atoms with van der Waals surface area (Å²) in [5, 5.41) is 39.2. The van der Waals surface area contributed by atoms with E-state index in [-0.39, 0.29) is 28.2 Å². The lowest BCUT2D eigenvalue weighted by molar-refractivity contribution is -0.0511. The monoisotopic (exact) mass is 598 g/mol. The zero-order chi connectivity index (χ0) is 29.6. The summed E-state index contributed by atoms with van der Waals surface area (Å²) in [6, 6.07) is 6.10. The standard InChI is InChI=1S/C26H30N8O7S/c1-14-6-8-17(9-7-14)42(39,40)26(38)30-16-10-28-34(11-16)25-31-22(29-15-4-2-3-5-15)19-23(32-25)33(13-27-19)24-21(37)20(36)18(12-35)41-24/h6-11,13,15,18,20-21,24,35-37H,2-5,12H2,1H3,(H,30,38)(H,29,31,32). The molecule has 15 nitrogen and oxygen atoms in total. The predicted octanol–water partition coefficient (Wildman–Crippen LogP) is 1.29. The number of aromatic nitrogens is 6. The summed E-state index contributed by atoms with van der Waals surface area (Å²) in [6.07, 6.45) is 3.35. The SMILES string of the molecule is Cc1ccc(S(=O)(=O)C(=O)Nc2cnn(-c3nc(NC4CCCC4)c4ncn(C5OC(CO)C(O)C5O)c4n3)c2)cc1. The van der Waals surface area contributed by atoms with Crippen molar-refractivity contribution >= 4 is 37.7 Å². The third-order valence-electron chi connectivity index (χ3n) is 7.51. The number of fused-ring (bicyclic) bond motifs is 1. The number of hydrogen-bond donors (Lipinski definition) is 5. The minimum atomic E-state index is -4.30. The molecule has 1 aromatic carbocycles. The van der Waals surface area contributed by atoms with E-state index in [0.29, 0.717) is 11.3 Å². The number of nitrogens with one attached hydrogen (secondary N) is 2. The highest BCUT2D eigenvalue weighted by Crippen LogP contribution is 2.33. The molecule has 3 aromatic heterocycles. The van der Waals surface area contributed by atoms with Crippen LogP contribution in [0.1, 0.15) is 37.5 Å². The third-order valence-corrected chi connectivity index (χ3v) is 8.99. The molecule has 1 saturated heterocycles. The number of anilines is 2. The first-order valence-corrected chi connectivity index (χ1v) is 15.0. The summed E-state index contributed by atoms with van der Waals surface area (Å²) in [5.41, 5.74) is 1.61. The van der Waals surface area contributed by atoms with E-state index < -0.39 is 46.2 Å². The zero-order valence-electron chi connectivity index (χ0n) is 22.5. The van der Waals surface area contributed by atoms with Gasteiger partial charge in [-0.15, -0.1) is 0 Å². The molecular weight excluding hydrogens is 568 g/mol. The van der Waals surface area contributed by atoms with Crippen LogP contribution in [0.3, 0.4) is 0 Å². The molecule has 6 rings (SSSR count). The number of amides is 1. The molecule has 0 spiro atoms. The summed E-state index contributed by atoms with van der Waals surface area (Å²) in [6.45, 7) is 1.32. The van der Waals surface area contributed by atoms with Gasteiger partial charge >= 0.3 is 5.24 Å². The molecule has 1 saturated carbocycles. The average Bonchev–Trinajstić information content (AvgIpc) is 3.78. The first-order valence-electron chi connectivity index (χ1n) is 13.5. The van der Waals surface area contributed by atoms with E-state index in [9.17, 15) is 28.5 Å². The van der Waals surface area contributed by atoms with Crippen LogP contribution in [0.15, 0.2) is 47.9 Å². The minimum absolute atomic E-state index is 0.0679. The van der Waals surface area contributed by atoms with E-state index in [1.165, 1.54) is 40.1 Å². The fourth-order valence-electron chi connectivity index (χ4n) is 5.17. The first-order chi connectivity index (χ1) is 20.2. The number of sulfone groups is 1. The zero-order valence-corrected chi connectivity index (χ0v) is 23.3. The van der Waals surface area contributed by atoms with Gasteiger partial charge in [-0.1, -0.05) is 30.5 Å². The minimum Gasteiger partial charge on any atom is -0.394 e. The first kappa shape index (κ1) is 28.2. The van der Waals surface area contributed by atoms with Crippen molar-refractivity contribution in [1.29, 1.82) is 0 Å². The second-order valence-electron chi connectivity index (χ2n) is 10.5. The number of benzene rings is 1. The molecule has 1 aliphatic heterocycles. The van der Waals surface area contributed by atoms with E-state index in [0.717, 1.165) is 31.2 Å². The Morgan fingerprint density at radius 2 is 1.86 bits per heavy atom. The highest BCUT2D eigenvalue weighted by Gasteiger charge is 2.44. The lowest BCUT2D eigenvalue weighted by atomic mass is 10.1. The molecule has 2 fully saturated rings. The van der Waals surface area contributed by atoms with Gasteiger partial charge in [0.2, 0.25) is 0 Å². The predicted molar refractivity (Wildman–Crippen MR) is 149 cm³/mol. The van der Waals surface area contributed by atoms with Crippen LogP contribution >= 0.6 is 0 Å². The van der Waals surface area contributed by atoms with Crippen LogP contribution in [-0.2, 0) is 14.6 Å². The van der Waals surface area contributed by atoms with Gasteiger partial charge in [-0.05, 0) is 31.9 Å². The maximum absolute atomic E-state index is 12.8. The summed E-state index contributed by atoms with van der Waals surface area (Å²) in [4.78, 5) is 26.2. The van der Waals surface area contributed by atoms with Crippen LogP contribution < -0.4 is 10.6 Å². The topological polar surface area (TPSA) is 207 Å². The molecule has 4 atom stereocenters. The number of aliphatic hydroxyl groups excluding tert-OH is 3. The van der Waals surface area contributed by atoms with Crippen LogP contribution in [0.4, 0.5) is 16.3 Å². The van der Waals surface area contributed by atoms with E-state index in [2.05, 4.69) is 30.7 Å². The number of nitrogens with zero attached hydrogens (tertiary/aromatic N) is 6. The fourth-order valence-corrected chi connectivity index (χ4v) is 6.13. The van der Waals surface area contributed by atoms with Crippen molar-refractivity contribution in [2.24, 2.45) is 0 Å². The summed E-state index contributed by atoms with van der Waals surface area (Å²) in [5.74, 6) is 0.480. The van der Waals surface area contributed by atoms with Crippen LogP contribution in [0.2, 0.25) is 0 Å². The normalized spacial score (nSPS) is 23.0. The van der Waals surface area contributed by atoms with Crippen molar-refractivity contribution in [2.75, 3.05) is 17.2 Å². The Balaban J connectivity index is 1.33. The van der Waals surface area contributed by atoms with Crippen molar-refractivity contribution in [3.8, 4) is 5.95 Å². The van der Waals surface area contributed by atoms with Crippen molar-refractivity contribution in [3.05, 3.63) is 48.5 Å². The molecule has 0 radical (unpaired) electrons. The van der Waals surface area contributed by atoms with Crippen molar-refractivity contribution in [3.63, 3.8) is 0 Å². The molecule has 4 heterocycles. The number of hydrogen-bond acceptors (Lipinski definition) is 12. The van der Waals surface area contributed by atoms with E-state index in [1.54, 1.807) is 12.1 Å². The van der Waals surface area contributed by atoms with E-state index in [1.807, 2.05) is 6.92 Å². The molecule has 1 aliphatic carbocycles. The molecule has 1 amide bonds. The van der Waals surface area contributed by atoms with Crippen LogP contribution in [-0.4, -0.2) is 89.2 Å². The molecule has 5 N–H and O–H groups in total. The molecule has 0 bridgehead atoms. The Morgan fingerprint density at radius 3 is 2.55 bits per heavy atom. The maximum atomic E-state index is 12.8. The van der Waals surface area contributed by atoms with Crippen LogP contribution in [0.25, 0.3) is 17.1 Å². The van der Waals surface area contributed by atoms with Gasteiger partial charge in [0.25, 0.3) is 15.8 Å². The van der Waals surface area contributed by atoms with Gasteiger partial charge in [0, 0.05) is 6.04 Å². The van der Waals surface area contributed by atoms with Gasteiger partial charge in [-0.25, -0.2) is 18.1 Å². The highest BCUT2D eigenvalue weighted by molar-refractivity contribution is 8.06. The Hall–Kier alpha value is -3.96. The Bertz CT molecular complexity index is 1720. The second kappa shape index (κ2) is 11.0. The number of aryl methyl sites for hydroxylation is 1. The third kappa shape index (κ3) is 5.11. The number of rotatable bonds is 7. The molecule has 4 unspecified atom stereocenters. The highest BCUT2D eigenvalue weighted by atomic mass is 32.2. The molecule has 222 valence electrons. The van der Waals surface area contributed by atoms with Crippen molar-refractivity contribution < 1.29 is 33.3 Å². The smallest absolute Gasteiger partial charge is 0.345 e. The maximum Gasteiger partial charge on any atom is 0.345 e. The summed E-state index contributed by atoms with van der Waals surface area (Å²) in [7, 11) is -4.30. The summed E-state index contributed by atoms with van der Waals surface area (Å²) < 4.78 is 33.9. The van der Waals surface area contributed by atoms with Crippen LogP contribution in [0.5, 0.6) is 0 Å². The fraction of sp³-hybridized carbons (Fsp3) is 0.423. The Labute approximate surface area is 240 Å². The number of ether oxygens (including phenoxy) is 1. The van der Waals surface area contributed by atoms with Gasteiger partial charge in [0.05, 0.1) is 35.9 Å². The van der Waals surface area contributed by atoms with Gasteiger partial charge in [-0.3, -0.25) is 9.36 Å². The molecule has 2 aliphatic rings. The van der Waals surface area contributed by atoms with Crippen LogP contribution in [0, 0.1) is 6.92 Å². The van der Waals surface area contributed by atoms with Crippen molar-refractivity contribution in [1.82, 2.24) is 29.3 Å². The molecule has 4 aromatic rings. The molecular formula is C26H30N8O7S. The Kier molecular flexibility index (Phi) is 7.40. The number of imidazole rings is 1. The van der Waals surface area contributed by atoms with Gasteiger partial charge in [-0.2, -0.15) is 15.1 Å². The van der Waals surface area contributed by atoms with Gasteiger partial charge in [0.1, 0.15) is 18.3 Å².